The van der Waals surface area contributed by atoms with E-state index in [0.717, 1.165) is 0 Å². The fourth-order valence-electron chi connectivity index (χ4n) is 3.18. The van der Waals surface area contributed by atoms with Crippen LogP contribution in [0.15, 0.2) is 0 Å². The predicted octanol–water partition coefficient (Wildman–Crippen LogP) is -1.80. The number of carboxylic acids is 6. The number of carboxylic acid groups (broad SMARTS) is 6. The van der Waals surface area contributed by atoms with Gasteiger partial charge in [-0.1, -0.05) is 0 Å². The van der Waals surface area contributed by atoms with Crippen LogP contribution in [-0.4, -0.2) is 66.5 Å². The summed E-state index contributed by atoms with van der Waals surface area (Å²) < 4.78 is 0. The van der Waals surface area contributed by atoms with Gasteiger partial charge in [0.15, 0.2) is 0 Å². The van der Waals surface area contributed by atoms with Crippen LogP contribution in [0.2, 0.25) is 0 Å². The SMILES string of the molecule is O=C(O)C1C(C(=O)O)C(C(=O)O)[C@H](C(=O)O)[C@@H](C(=O)O)C1C(=O)O. The van der Waals surface area contributed by atoms with E-state index in [4.69, 9.17) is 30.6 Å². The van der Waals surface area contributed by atoms with Crippen molar-refractivity contribution in [2.24, 2.45) is 35.5 Å². The summed E-state index contributed by atoms with van der Waals surface area (Å²) in [6, 6.07) is 0. The number of rotatable bonds is 6. The van der Waals surface area contributed by atoms with Crippen molar-refractivity contribution in [2.45, 2.75) is 0 Å². The van der Waals surface area contributed by atoms with Gasteiger partial charge in [0, 0.05) is 0 Å². The van der Waals surface area contributed by atoms with Crippen molar-refractivity contribution in [1.82, 2.24) is 0 Å². The second kappa shape index (κ2) is 6.52. The second-order valence-corrected chi connectivity index (χ2v) is 5.18. The Bertz CT molecular complexity index is 470. The summed E-state index contributed by atoms with van der Waals surface area (Å²) in [5.74, 6) is -26.9. The zero-order valence-corrected chi connectivity index (χ0v) is 11.6. The predicted molar refractivity (Wildman–Crippen MR) is 66.8 cm³/mol. The van der Waals surface area contributed by atoms with Crippen molar-refractivity contribution >= 4 is 35.8 Å². The Hall–Kier alpha value is -3.18. The lowest BCUT2D eigenvalue weighted by molar-refractivity contribution is -0.191. The first-order chi connectivity index (χ1) is 10.9. The lowest BCUT2D eigenvalue weighted by atomic mass is 9.56. The monoisotopic (exact) mass is 348 g/mol. The van der Waals surface area contributed by atoms with E-state index in [1.807, 2.05) is 0 Å². The van der Waals surface area contributed by atoms with Gasteiger partial charge < -0.3 is 30.6 Å². The molecule has 24 heavy (non-hydrogen) atoms. The molecule has 0 atom stereocenters. The van der Waals surface area contributed by atoms with Crippen molar-refractivity contribution in [3.63, 3.8) is 0 Å². The third-order valence-corrected chi connectivity index (χ3v) is 4.03. The first kappa shape index (κ1) is 18.9. The second-order valence-electron chi connectivity index (χ2n) is 5.18. The van der Waals surface area contributed by atoms with E-state index >= 15 is 0 Å². The molecule has 0 saturated heterocycles. The fourth-order valence-corrected chi connectivity index (χ4v) is 3.18. The molecule has 0 aliphatic heterocycles. The van der Waals surface area contributed by atoms with Gasteiger partial charge >= 0.3 is 35.8 Å². The normalized spacial score (nSPS) is 32.5. The van der Waals surface area contributed by atoms with E-state index < -0.39 is 71.3 Å². The van der Waals surface area contributed by atoms with Gasteiger partial charge in [-0.3, -0.25) is 28.8 Å². The summed E-state index contributed by atoms with van der Waals surface area (Å²) in [4.78, 5) is 68.0. The zero-order chi connectivity index (χ0) is 18.9. The van der Waals surface area contributed by atoms with Crippen molar-refractivity contribution in [2.75, 3.05) is 0 Å². The standard InChI is InChI=1S/C12H12O12/c13-7(14)1-2(8(15)16)4(10(19)20)6(12(23)24)5(11(21)22)3(1)9(17)18/h1-6H,(H,13,14)(H,15,16)(H,17,18)(H,19,20)(H,21,22)(H,23,24)/t1-,2-,3?,4?,5?,6?/m1/s1. The first-order valence-corrected chi connectivity index (χ1v) is 6.30. The van der Waals surface area contributed by atoms with Crippen molar-refractivity contribution in [3.8, 4) is 0 Å². The molecule has 1 aliphatic carbocycles. The lowest BCUT2D eigenvalue weighted by Gasteiger charge is -2.42. The fraction of sp³-hybridized carbons (Fsp3) is 0.500. The molecule has 0 unspecified atom stereocenters. The van der Waals surface area contributed by atoms with E-state index in [2.05, 4.69) is 0 Å². The Morgan fingerprint density at radius 3 is 0.458 bits per heavy atom. The molecule has 0 spiro atoms. The summed E-state index contributed by atoms with van der Waals surface area (Å²) in [6.07, 6.45) is 0. The maximum atomic E-state index is 11.3. The van der Waals surface area contributed by atoms with Crippen LogP contribution in [0.4, 0.5) is 0 Å². The minimum Gasteiger partial charge on any atom is -0.481 e. The quantitative estimate of drug-likeness (QED) is 0.313. The molecule has 12 heteroatoms. The van der Waals surface area contributed by atoms with Crippen molar-refractivity contribution in [1.29, 1.82) is 0 Å². The number of aliphatic carboxylic acids is 6. The summed E-state index contributed by atoms with van der Waals surface area (Å²) in [7, 11) is 0. The van der Waals surface area contributed by atoms with Crippen molar-refractivity contribution in [3.05, 3.63) is 0 Å². The van der Waals surface area contributed by atoms with E-state index in [1.165, 1.54) is 0 Å². The van der Waals surface area contributed by atoms with Gasteiger partial charge in [0.05, 0.1) is 35.5 Å². The molecule has 6 N–H and O–H groups in total. The molecule has 0 bridgehead atoms. The third kappa shape index (κ3) is 2.98. The average Bonchev–Trinajstić information content (AvgIpc) is 2.42. The smallest absolute Gasteiger partial charge is 0.308 e. The highest BCUT2D eigenvalue weighted by atomic mass is 16.4. The van der Waals surface area contributed by atoms with Crippen LogP contribution in [0.5, 0.6) is 0 Å². The molecule has 132 valence electrons. The van der Waals surface area contributed by atoms with Crippen LogP contribution in [-0.2, 0) is 28.8 Å². The van der Waals surface area contributed by atoms with Gasteiger partial charge in [-0.05, 0) is 0 Å². The molecule has 0 aromatic heterocycles. The van der Waals surface area contributed by atoms with Gasteiger partial charge in [0.1, 0.15) is 0 Å². The zero-order valence-electron chi connectivity index (χ0n) is 11.6. The minimum absolute atomic E-state index is 2.05. The molecule has 1 fully saturated rings. The van der Waals surface area contributed by atoms with E-state index in [9.17, 15) is 28.8 Å². The van der Waals surface area contributed by atoms with Crippen LogP contribution in [0.25, 0.3) is 0 Å². The number of hydrogen-bond donors (Lipinski definition) is 6. The molecule has 0 radical (unpaired) electrons. The van der Waals surface area contributed by atoms with E-state index in [-0.39, 0.29) is 0 Å². The maximum Gasteiger partial charge on any atom is 0.308 e. The van der Waals surface area contributed by atoms with Gasteiger partial charge in [0.2, 0.25) is 0 Å². The molecule has 0 amide bonds. The molecule has 0 aromatic carbocycles. The van der Waals surface area contributed by atoms with E-state index in [0.29, 0.717) is 0 Å². The molecule has 0 aromatic rings. The summed E-state index contributed by atoms with van der Waals surface area (Å²) in [5.41, 5.74) is 0. The molecule has 1 saturated carbocycles. The van der Waals surface area contributed by atoms with Crippen LogP contribution >= 0.6 is 0 Å². The highest BCUT2D eigenvalue weighted by molar-refractivity contribution is 5.96. The Morgan fingerprint density at radius 1 is 0.333 bits per heavy atom. The molecule has 1 rings (SSSR count). The minimum atomic E-state index is -2.43. The van der Waals surface area contributed by atoms with Crippen LogP contribution < -0.4 is 0 Å². The van der Waals surface area contributed by atoms with Crippen LogP contribution in [0, 0.1) is 35.5 Å². The Morgan fingerprint density at radius 2 is 0.417 bits per heavy atom. The Kier molecular flexibility index (Phi) is 5.12. The molecule has 12 nitrogen and oxygen atoms in total. The maximum absolute atomic E-state index is 11.3. The van der Waals surface area contributed by atoms with Gasteiger partial charge in [0.25, 0.3) is 0 Å². The summed E-state index contributed by atoms with van der Waals surface area (Å²) in [6.45, 7) is 0. The highest BCUT2D eigenvalue weighted by Gasteiger charge is 2.64. The van der Waals surface area contributed by atoms with Gasteiger partial charge in [-0.25, -0.2) is 0 Å². The molecule has 0 heterocycles. The molecular formula is C12H12O12. The van der Waals surface area contributed by atoms with E-state index in [1.54, 1.807) is 0 Å². The Labute approximate surface area is 131 Å². The first-order valence-electron chi connectivity index (χ1n) is 6.30. The van der Waals surface area contributed by atoms with Crippen molar-refractivity contribution < 1.29 is 59.4 Å². The van der Waals surface area contributed by atoms with Gasteiger partial charge in [-0.2, -0.15) is 0 Å². The largest absolute Gasteiger partial charge is 0.481 e. The summed E-state index contributed by atoms with van der Waals surface area (Å²) in [5, 5.41) is 54.8. The average molecular weight is 348 g/mol. The van der Waals surface area contributed by atoms with Crippen LogP contribution in [0.1, 0.15) is 0 Å². The summed E-state index contributed by atoms with van der Waals surface area (Å²) >= 11 is 0. The molecular weight excluding hydrogens is 336 g/mol. The number of carbonyl (C=O) groups is 6. The number of hydrogen-bond acceptors (Lipinski definition) is 6. The highest BCUT2D eigenvalue weighted by Crippen LogP contribution is 2.47. The third-order valence-electron chi connectivity index (χ3n) is 4.03. The van der Waals surface area contributed by atoms with Gasteiger partial charge in [-0.15, -0.1) is 0 Å². The topological polar surface area (TPSA) is 224 Å². The van der Waals surface area contributed by atoms with Crippen LogP contribution in [0.3, 0.4) is 0 Å². The lowest BCUT2D eigenvalue weighted by Crippen LogP contribution is -2.59. The Balaban J connectivity index is 3.77. The molecule has 1 aliphatic rings.